The highest BCUT2D eigenvalue weighted by atomic mass is 32.2. The molecule has 6 heteroatoms. The summed E-state index contributed by atoms with van der Waals surface area (Å²) in [6.45, 7) is 0. The number of carbonyl (C=O) groups is 1. The van der Waals surface area contributed by atoms with Gasteiger partial charge in [0.25, 0.3) is 5.04 Å². The number of ether oxygens (including phenoxy) is 3. The topological polar surface area (TPSA) is 47.8 Å². The summed E-state index contributed by atoms with van der Waals surface area (Å²) in [7, 11) is 4.80. The molecule has 0 saturated carbocycles. The van der Waals surface area contributed by atoms with Gasteiger partial charge in [0.15, 0.2) is 11.5 Å². The van der Waals surface area contributed by atoms with Gasteiger partial charge in [0.1, 0.15) is 11.5 Å². The highest BCUT2D eigenvalue weighted by Gasteiger charge is 2.36. The van der Waals surface area contributed by atoms with E-state index >= 15 is 0 Å². The number of benzene rings is 2. The lowest BCUT2D eigenvalue weighted by Gasteiger charge is -2.07. The Morgan fingerprint density at radius 2 is 1.62 bits per heavy atom. The van der Waals surface area contributed by atoms with E-state index in [1.165, 1.54) is 11.8 Å². The standard InChI is InChI=1S/C18H18NO4S/c1-21-14-7-4-12(5-8-14)18-19(17(20)11-24-18)13-6-9-15(22-2)16(10-13)23-3/h4-10H,11H2,1-3H3/q+1. The molecule has 0 fully saturated rings. The highest BCUT2D eigenvalue weighted by Crippen LogP contribution is 2.34. The van der Waals surface area contributed by atoms with Gasteiger partial charge in [-0.05, 0) is 42.1 Å². The Kier molecular flexibility index (Phi) is 4.76. The van der Waals surface area contributed by atoms with Gasteiger partial charge in [0.05, 0.1) is 33.0 Å². The minimum atomic E-state index is 0.0398. The fraction of sp³-hybridized carbons (Fsp3) is 0.222. The monoisotopic (exact) mass is 344 g/mol. The molecule has 0 spiro atoms. The Balaban J connectivity index is 2.09. The maximum absolute atomic E-state index is 12.4. The summed E-state index contributed by atoms with van der Waals surface area (Å²) < 4.78 is 17.5. The number of hydrogen-bond acceptors (Lipinski definition) is 5. The maximum Gasteiger partial charge on any atom is 0.404 e. The Hall–Kier alpha value is -2.47. The van der Waals surface area contributed by atoms with Gasteiger partial charge in [-0.1, -0.05) is 0 Å². The second-order valence-corrected chi connectivity index (χ2v) is 6.05. The van der Waals surface area contributed by atoms with Crippen molar-refractivity contribution < 1.29 is 23.6 Å². The summed E-state index contributed by atoms with van der Waals surface area (Å²) in [5.41, 5.74) is 1.73. The molecule has 2 aromatic rings. The molecule has 2 aromatic carbocycles. The lowest BCUT2D eigenvalue weighted by Crippen LogP contribution is -2.16. The van der Waals surface area contributed by atoms with E-state index in [1.54, 1.807) is 32.0 Å². The minimum absolute atomic E-state index is 0.0398. The fourth-order valence-electron chi connectivity index (χ4n) is 2.54. The normalized spacial score (nSPS) is 14.0. The van der Waals surface area contributed by atoms with Gasteiger partial charge in [-0.15, -0.1) is 4.58 Å². The molecule has 1 heterocycles. The molecule has 0 aliphatic carbocycles. The maximum atomic E-state index is 12.4. The molecule has 0 N–H and O–H groups in total. The molecule has 0 bridgehead atoms. The predicted octanol–water partition coefficient (Wildman–Crippen LogP) is 3.08. The zero-order chi connectivity index (χ0) is 17.1. The molecule has 0 radical (unpaired) electrons. The van der Waals surface area contributed by atoms with E-state index in [-0.39, 0.29) is 5.91 Å². The van der Waals surface area contributed by atoms with Crippen LogP contribution in [0.3, 0.4) is 0 Å². The van der Waals surface area contributed by atoms with E-state index < -0.39 is 0 Å². The SMILES string of the molecule is COc1ccc(C2=[N+](c3ccc(OC)c(OC)c3)C(=O)CS2)cc1. The van der Waals surface area contributed by atoms with Crippen molar-refractivity contribution >= 4 is 28.4 Å². The first-order valence-electron chi connectivity index (χ1n) is 7.37. The van der Waals surface area contributed by atoms with E-state index in [4.69, 9.17) is 14.2 Å². The highest BCUT2D eigenvalue weighted by molar-refractivity contribution is 8.15. The summed E-state index contributed by atoms with van der Waals surface area (Å²) in [4.78, 5) is 12.4. The molecule has 5 nitrogen and oxygen atoms in total. The third-order valence-electron chi connectivity index (χ3n) is 3.75. The first-order chi connectivity index (χ1) is 11.7. The van der Waals surface area contributed by atoms with Crippen molar-refractivity contribution in [3.63, 3.8) is 0 Å². The van der Waals surface area contributed by atoms with E-state index in [0.717, 1.165) is 22.0 Å². The quantitative estimate of drug-likeness (QED) is 0.780. The lowest BCUT2D eigenvalue weighted by atomic mass is 10.2. The number of nitrogens with zero attached hydrogens (tertiary/aromatic N) is 1. The number of carbonyl (C=O) groups excluding carboxylic acids is 1. The minimum Gasteiger partial charge on any atom is -0.497 e. The molecule has 1 aliphatic heterocycles. The Morgan fingerprint density at radius 3 is 2.25 bits per heavy atom. The molecular weight excluding hydrogens is 326 g/mol. The second kappa shape index (κ2) is 6.97. The van der Waals surface area contributed by atoms with Crippen LogP contribution in [0.1, 0.15) is 5.56 Å². The van der Waals surface area contributed by atoms with Crippen molar-refractivity contribution in [2.75, 3.05) is 27.1 Å². The number of rotatable bonds is 5. The van der Waals surface area contributed by atoms with Crippen molar-refractivity contribution in [3.8, 4) is 17.2 Å². The van der Waals surface area contributed by atoms with Gasteiger partial charge in [0, 0.05) is 6.07 Å². The Labute approximate surface area is 144 Å². The third kappa shape index (κ3) is 2.97. The van der Waals surface area contributed by atoms with E-state index in [2.05, 4.69) is 0 Å². The molecule has 124 valence electrons. The molecule has 1 aliphatic rings. The first-order valence-corrected chi connectivity index (χ1v) is 8.35. The Bertz CT molecular complexity index is 799. The van der Waals surface area contributed by atoms with Crippen LogP contribution >= 0.6 is 11.8 Å². The molecule has 0 unspecified atom stereocenters. The summed E-state index contributed by atoms with van der Waals surface area (Å²) >= 11 is 1.52. The number of amides is 1. The van der Waals surface area contributed by atoms with Crippen molar-refractivity contribution in [1.29, 1.82) is 0 Å². The van der Waals surface area contributed by atoms with Crippen LogP contribution in [0.25, 0.3) is 0 Å². The third-order valence-corrected chi connectivity index (χ3v) is 4.83. The van der Waals surface area contributed by atoms with Crippen LogP contribution in [-0.2, 0) is 4.79 Å². The summed E-state index contributed by atoms with van der Waals surface area (Å²) in [6, 6.07) is 13.1. The van der Waals surface area contributed by atoms with Crippen LogP contribution in [-0.4, -0.2) is 42.6 Å². The van der Waals surface area contributed by atoms with Crippen molar-refractivity contribution in [3.05, 3.63) is 48.0 Å². The summed E-state index contributed by atoms with van der Waals surface area (Å²) in [6.07, 6.45) is 0. The average molecular weight is 344 g/mol. The van der Waals surface area contributed by atoms with E-state index in [1.807, 2.05) is 36.4 Å². The van der Waals surface area contributed by atoms with Gasteiger partial charge in [-0.25, -0.2) is 4.79 Å². The molecule has 24 heavy (non-hydrogen) atoms. The van der Waals surface area contributed by atoms with E-state index in [0.29, 0.717) is 17.3 Å². The lowest BCUT2D eigenvalue weighted by molar-refractivity contribution is -0.358. The zero-order valence-corrected chi connectivity index (χ0v) is 14.6. The molecule has 0 saturated heterocycles. The van der Waals surface area contributed by atoms with E-state index in [9.17, 15) is 4.79 Å². The zero-order valence-electron chi connectivity index (χ0n) is 13.7. The van der Waals surface area contributed by atoms with Gasteiger partial charge in [0.2, 0.25) is 5.69 Å². The van der Waals surface area contributed by atoms with Gasteiger partial charge < -0.3 is 14.2 Å². The average Bonchev–Trinajstić information content (AvgIpc) is 3.02. The van der Waals surface area contributed by atoms with Gasteiger partial charge in [-0.2, -0.15) is 0 Å². The summed E-state index contributed by atoms with van der Waals surface area (Å²) in [5.74, 6) is 2.46. The van der Waals surface area contributed by atoms with Crippen LogP contribution in [0.4, 0.5) is 5.69 Å². The molecule has 0 aromatic heterocycles. The van der Waals surface area contributed by atoms with Gasteiger partial charge >= 0.3 is 5.91 Å². The first kappa shape index (κ1) is 16.4. The number of thioether (sulfide) groups is 1. The fourth-order valence-corrected chi connectivity index (χ4v) is 3.57. The summed E-state index contributed by atoms with van der Waals surface area (Å²) in [5, 5.41) is 0.898. The van der Waals surface area contributed by atoms with Crippen LogP contribution in [0.15, 0.2) is 42.5 Å². The molecule has 0 atom stereocenters. The Morgan fingerprint density at radius 1 is 0.917 bits per heavy atom. The van der Waals surface area contributed by atoms with Crippen molar-refractivity contribution in [2.45, 2.75) is 0 Å². The number of hydrogen-bond donors (Lipinski definition) is 0. The number of methoxy groups -OCH3 is 3. The van der Waals surface area contributed by atoms with Crippen molar-refractivity contribution in [2.24, 2.45) is 0 Å². The van der Waals surface area contributed by atoms with Crippen molar-refractivity contribution in [1.82, 2.24) is 0 Å². The van der Waals surface area contributed by atoms with Crippen LogP contribution in [0.5, 0.6) is 17.2 Å². The largest absolute Gasteiger partial charge is 0.497 e. The smallest absolute Gasteiger partial charge is 0.404 e. The molecule has 3 rings (SSSR count). The van der Waals surface area contributed by atoms with Gasteiger partial charge in [-0.3, -0.25) is 0 Å². The molecule has 1 amide bonds. The predicted molar refractivity (Wildman–Crippen MR) is 94.0 cm³/mol. The molecular formula is C18H18NO4S+. The van der Waals surface area contributed by atoms with Crippen LogP contribution in [0.2, 0.25) is 0 Å². The second-order valence-electron chi connectivity index (χ2n) is 5.09. The van der Waals surface area contributed by atoms with Crippen LogP contribution in [0, 0.1) is 0 Å². The van der Waals surface area contributed by atoms with Crippen LogP contribution < -0.4 is 14.2 Å².